The number of rotatable bonds is 7. The smallest absolute Gasteiger partial charge is 0.326 e. The molecular formula is C17H17Cl2NO6S. The number of halogens is 2. The fourth-order valence-corrected chi connectivity index (χ4v) is 4.43. The molecule has 7 nitrogen and oxygen atoms in total. The molecule has 0 bridgehead atoms. The third-order valence-electron chi connectivity index (χ3n) is 3.62. The quantitative estimate of drug-likeness (QED) is 0.622. The van der Waals surface area contributed by atoms with Gasteiger partial charge in [-0.05, 0) is 30.3 Å². The molecule has 0 aliphatic rings. The topological polar surface area (TPSA) is 82.1 Å². The fraction of sp³-hybridized carbons (Fsp3) is 0.235. The molecule has 0 aromatic heterocycles. The molecule has 0 fully saturated rings. The standard InChI is InChI=1S/C17H17Cl2NO6S/c1-24-12-5-7-14(15(9-12)25-2)20(10-17(21)26-3)27(22,23)16-8-11(18)4-6-13(16)19/h4-9H,10H2,1-3H3. The lowest BCUT2D eigenvalue weighted by Crippen LogP contribution is -2.36. The maximum absolute atomic E-state index is 13.3. The first-order valence-electron chi connectivity index (χ1n) is 7.51. The Morgan fingerprint density at radius 1 is 1.04 bits per heavy atom. The molecule has 2 aromatic carbocycles. The summed E-state index contributed by atoms with van der Waals surface area (Å²) in [5.74, 6) is -0.138. The average molecular weight is 434 g/mol. The van der Waals surface area contributed by atoms with Gasteiger partial charge >= 0.3 is 5.97 Å². The summed E-state index contributed by atoms with van der Waals surface area (Å²) in [7, 11) is -0.282. The summed E-state index contributed by atoms with van der Waals surface area (Å²) in [6.45, 7) is -0.593. The van der Waals surface area contributed by atoms with Crippen LogP contribution in [0.15, 0.2) is 41.3 Å². The number of nitrogens with zero attached hydrogens (tertiary/aromatic N) is 1. The lowest BCUT2D eigenvalue weighted by molar-refractivity contribution is -0.138. The highest BCUT2D eigenvalue weighted by atomic mass is 35.5. The first kappa shape index (κ1) is 21.1. The Labute approximate surface area is 167 Å². The molecule has 0 spiro atoms. The second kappa shape index (κ2) is 8.69. The first-order valence-corrected chi connectivity index (χ1v) is 9.70. The Bertz CT molecular complexity index is 948. The number of methoxy groups -OCH3 is 3. The second-order valence-corrected chi connectivity index (χ2v) is 7.87. The van der Waals surface area contributed by atoms with E-state index in [9.17, 15) is 13.2 Å². The SMILES string of the molecule is COC(=O)CN(c1ccc(OC)cc1OC)S(=O)(=O)c1cc(Cl)ccc1Cl. The van der Waals surface area contributed by atoms with Gasteiger partial charge in [-0.25, -0.2) is 8.42 Å². The van der Waals surface area contributed by atoms with E-state index in [1.807, 2.05) is 0 Å². The lowest BCUT2D eigenvalue weighted by Gasteiger charge is -2.25. The summed E-state index contributed by atoms with van der Waals surface area (Å²) in [6.07, 6.45) is 0. The molecular weight excluding hydrogens is 417 g/mol. The van der Waals surface area contributed by atoms with Gasteiger partial charge in [0.2, 0.25) is 0 Å². The molecule has 10 heteroatoms. The predicted octanol–water partition coefficient (Wildman–Crippen LogP) is 3.38. The number of sulfonamides is 1. The van der Waals surface area contributed by atoms with E-state index < -0.39 is 22.5 Å². The zero-order chi connectivity index (χ0) is 20.2. The summed E-state index contributed by atoms with van der Waals surface area (Å²) in [4.78, 5) is 11.6. The highest BCUT2D eigenvalue weighted by Crippen LogP contribution is 2.37. The van der Waals surface area contributed by atoms with Crippen molar-refractivity contribution in [2.24, 2.45) is 0 Å². The minimum Gasteiger partial charge on any atom is -0.497 e. The second-order valence-electron chi connectivity index (χ2n) is 5.20. The molecule has 0 aliphatic carbocycles. The van der Waals surface area contributed by atoms with Crippen molar-refractivity contribution >= 4 is 44.9 Å². The van der Waals surface area contributed by atoms with Gasteiger partial charge in [0.05, 0.1) is 32.0 Å². The van der Waals surface area contributed by atoms with Crippen molar-refractivity contribution in [1.82, 2.24) is 0 Å². The Morgan fingerprint density at radius 3 is 2.33 bits per heavy atom. The number of hydrogen-bond donors (Lipinski definition) is 0. The molecule has 0 amide bonds. The molecule has 2 rings (SSSR count). The molecule has 0 atom stereocenters. The van der Waals surface area contributed by atoms with Gasteiger partial charge in [-0.3, -0.25) is 9.10 Å². The first-order chi connectivity index (χ1) is 12.7. The van der Waals surface area contributed by atoms with Crippen LogP contribution in [-0.4, -0.2) is 42.3 Å². The third-order valence-corrected chi connectivity index (χ3v) is 6.09. The van der Waals surface area contributed by atoms with Crippen molar-refractivity contribution in [2.75, 3.05) is 32.2 Å². The molecule has 0 radical (unpaired) electrons. The molecule has 0 unspecified atom stereocenters. The molecule has 0 N–H and O–H groups in total. The highest BCUT2D eigenvalue weighted by Gasteiger charge is 2.31. The van der Waals surface area contributed by atoms with Crippen molar-refractivity contribution in [3.8, 4) is 11.5 Å². The third kappa shape index (κ3) is 4.58. The minimum atomic E-state index is -4.27. The Balaban J connectivity index is 2.68. The normalized spacial score (nSPS) is 11.0. The molecule has 0 aliphatic heterocycles. The van der Waals surface area contributed by atoms with Crippen LogP contribution in [0.5, 0.6) is 11.5 Å². The van der Waals surface area contributed by atoms with Crippen LogP contribution < -0.4 is 13.8 Å². The molecule has 0 saturated heterocycles. The zero-order valence-corrected chi connectivity index (χ0v) is 17.1. The van der Waals surface area contributed by atoms with Crippen LogP contribution in [0.2, 0.25) is 10.0 Å². The van der Waals surface area contributed by atoms with E-state index in [0.29, 0.717) is 5.75 Å². The molecule has 27 heavy (non-hydrogen) atoms. The van der Waals surface area contributed by atoms with Crippen molar-refractivity contribution < 1.29 is 27.4 Å². The van der Waals surface area contributed by atoms with Gasteiger partial charge in [-0.15, -0.1) is 0 Å². The van der Waals surface area contributed by atoms with Crippen molar-refractivity contribution in [3.63, 3.8) is 0 Å². The Kier molecular flexibility index (Phi) is 6.80. The number of hydrogen-bond acceptors (Lipinski definition) is 6. The van der Waals surface area contributed by atoms with Gasteiger partial charge in [-0.1, -0.05) is 23.2 Å². The molecule has 0 heterocycles. The summed E-state index contributed by atoms with van der Waals surface area (Å²) >= 11 is 12.0. The average Bonchev–Trinajstić information content (AvgIpc) is 2.66. The molecule has 146 valence electrons. The van der Waals surface area contributed by atoms with Gasteiger partial charge < -0.3 is 14.2 Å². The van der Waals surface area contributed by atoms with E-state index in [2.05, 4.69) is 4.74 Å². The van der Waals surface area contributed by atoms with Gasteiger partial charge in [0.1, 0.15) is 22.9 Å². The Morgan fingerprint density at radius 2 is 1.74 bits per heavy atom. The maximum atomic E-state index is 13.3. The zero-order valence-electron chi connectivity index (χ0n) is 14.7. The van der Waals surface area contributed by atoms with Crippen molar-refractivity contribution in [2.45, 2.75) is 4.90 Å². The lowest BCUT2D eigenvalue weighted by atomic mass is 10.2. The van der Waals surface area contributed by atoms with Crippen LogP contribution >= 0.6 is 23.2 Å². The number of esters is 1. The van der Waals surface area contributed by atoms with Crippen LogP contribution in [0.1, 0.15) is 0 Å². The number of anilines is 1. The Hall–Kier alpha value is -2.16. The number of ether oxygens (including phenoxy) is 3. The minimum absolute atomic E-state index is 0.0401. The van der Waals surface area contributed by atoms with E-state index in [0.717, 1.165) is 11.4 Å². The number of carbonyl (C=O) groups is 1. The van der Waals surface area contributed by atoms with E-state index in [1.165, 1.54) is 50.6 Å². The summed E-state index contributed by atoms with van der Waals surface area (Å²) in [5, 5.41) is 0.138. The van der Waals surface area contributed by atoms with E-state index >= 15 is 0 Å². The van der Waals surface area contributed by atoms with Crippen LogP contribution in [-0.2, 0) is 19.6 Å². The van der Waals surface area contributed by atoms with Crippen LogP contribution in [0.25, 0.3) is 0 Å². The maximum Gasteiger partial charge on any atom is 0.326 e. The number of benzene rings is 2. The fourth-order valence-electron chi connectivity index (χ4n) is 2.27. The van der Waals surface area contributed by atoms with E-state index in [-0.39, 0.29) is 26.4 Å². The van der Waals surface area contributed by atoms with Crippen LogP contribution in [0.3, 0.4) is 0 Å². The van der Waals surface area contributed by atoms with E-state index in [4.69, 9.17) is 32.7 Å². The summed E-state index contributed by atoms with van der Waals surface area (Å²) < 4.78 is 42.4. The van der Waals surface area contributed by atoms with Crippen LogP contribution in [0.4, 0.5) is 5.69 Å². The van der Waals surface area contributed by atoms with Gasteiger partial charge in [0.25, 0.3) is 10.0 Å². The highest BCUT2D eigenvalue weighted by molar-refractivity contribution is 7.93. The summed E-state index contributed by atoms with van der Waals surface area (Å²) in [6, 6.07) is 8.52. The molecule has 2 aromatic rings. The predicted molar refractivity (Wildman–Crippen MR) is 103 cm³/mol. The van der Waals surface area contributed by atoms with E-state index in [1.54, 1.807) is 0 Å². The largest absolute Gasteiger partial charge is 0.497 e. The number of carbonyl (C=O) groups excluding carboxylic acids is 1. The van der Waals surface area contributed by atoms with Crippen molar-refractivity contribution in [1.29, 1.82) is 0 Å². The summed E-state index contributed by atoms with van der Waals surface area (Å²) in [5.41, 5.74) is 0.111. The van der Waals surface area contributed by atoms with Crippen LogP contribution in [0, 0.1) is 0 Å². The van der Waals surface area contributed by atoms with Gasteiger partial charge in [-0.2, -0.15) is 0 Å². The van der Waals surface area contributed by atoms with Crippen molar-refractivity contribution in [3.05, 3.63) is 46.4 Å². The van der Waals surface area contributed by atoms with Gasteiger partial charge in [0, 0.05) is 11.1 Å². The monoisotopic (exact) mass is 433 g/mol. The molecule has 0 saturated carbocycles. The van der Waals surface area contributed by atoms with Gasteiger partial charge in [0.15, 0.2) is 0 Å².